The van der Waals surface area contributed by atoms with Gasteiger partial charge in [0.2, 0.25) is 5.69 Å². The summed E-state index contributed by atoms with van der Waals surface area (Å²) in [5.41, 5.74) is 5.10. The number of rotatable bonds is 1. The van der Waals surface area contributed by atoms with Crippen LogP contribution in [0.15, 0.2) is 30.3 Å². The Balaban J connectivity index is 2.54. The van der Waals surface area contributed by atoms with Crippen LogP contribution in [0.25, 0.3) is 11.3 Å². The molecular formula is C13H17N2+. The first-order valence-electron chi connectivity index (χ1n) is 5.19. The summed E-state index contributed by atoms with van der Waals surface area (Å²) in [6.07, 6.45) is 0. The van der Waals surface area contributed by atoms with E-state index in [1.807, 2.05) is 0 Å². The molecule has 78 valence electrons. The van der Waals surface area contributed by atoms with E-state index in [-0.39, 0.29) is 0 Å². The number of hydrogen-bond donors (Lipinski definition) is 0. The first kappa shape index (κ1) is 9.97. The summed E-state index contributed by atoms with van der Waals surface area (Å²) in [7, 11) is 4.16. The second kappa shape index (κ2) is 3.54. The minimum Gasteiger partial charge on any atom is -0.161 e. The quantitative estimate of drug-likeness (QED) is 0.625. The summed E-state index contributed by atoms with van der Waals surface area (Å²) in [5, 5.41) is 0. The SMILES string of the molecule is Cc1ccc(-c2cc(C)n(C)[n+]2C)cc1. The van der Waals surface area contributed by atoms with Crippen molar-refractivity contribution in [2.45, 2.75) is 13.8 Å². The van der Waals surface area contributed by atoms with Crippen LogP contribution in [0.2, 0.25) is 0 Å². The van der Waals surface area contributed by atoms with Gasteiger partial charge in [-0.1, -0.05) is 17.7 Å². The van der Waals surface area contributed by atoms with Gasteiger partial charge < -0.3 is 0 Å². The highest BCUT2D eigenvalue weighted by Crippen LogP contribution is 2.17. The minimum absolute atomic E-state index is 1.26. The molecule has 15 heavy (non-hydrogen) atoms. The van der Waals surface area contributed by atoms with Crippen molar-refractivity contribution in [2.75, 3.05) is 0 Å². The van der Waals surface area contributed by atoms with E-state index in [9.17, 15) is 0 Å². The van der Waals surface area contributed by atoms with E-state index in [1.165, 1.54) is 22.5 Å². The smallest absolute Gasteiger partial charge is 0.161 e. The lowest BCUT2D eigenvalue weighted by molar-refractivity contribution is -0.741. The zero-order valence-corrected chi connectivity index (χ0v) is 9.78. The van der Waals surface area contributed by atoms with E-state index in [0.717, 1.165) is 0 Å². The van der Waals surface area contributed by atoms with Crippen LogP contribution in [0.1, 0.15) is 11.3 Å². The molecule has 0 radical (unpaired) electrons. The third kappa shape index (κ3) is 1.67. The molecule has 0 amide bonds. The van der Waals surface area contributed by atoms with Crippen LogP contribution in [-0.4, -0.2) is 4.68 Å². The molecule has 0 bridgehead atoms. The predicted molar refractivity (Wildman–Crippen MR) is 61.5 cm³/mol. The van der Waals surface area contributed by atoms with Crippen molar-refractivity contribution < 1.29 is 4.68 Å². The lowest BCUT2D eigenvalue weighted by atomic mass is 10.1. The Hall–Kier alpha value is -1.57. The van der Waals surface area contributed by atoms with Gasteiger partial charge in [-0.2, -0.15) is 4.68 Å². The summed E-state index contributed by atoms with van der Waals surface area (Å²) in [5.74, 6) is 0. The van der Waals surface area contributed by atoms with E-state index in [0.29, 0.717) is 0 Å². The van der Waals surface area contributed by atoms with Gasteiger partial charge >= 0.3 is 0 Å². The molecule has 0 atom stereocenters. The Bertz CT molecular complexity index is 478. The van der Waals surface area contributed by atoms with E-state index < -0.39 is 0 Å². The summed E-state index contributed by atoms with van der Waals surface area (Å²) in [6.45, 7) is 4.23. The van der Waals surface area contributed by atoms with Crippen molar-refractivity contribution >= 4 is 0 Å². The maximum Gasteiger partial charge on any atom is 0.238 e. The summed E-state index contributed by atoms with van der Waals surface area (Å²) < 4.78 is 4.31. The largest absolute Gasteiger partial charge is 0.238 e. The molecule has 0 aliphatic carbocycles. The molecule has 1 aromatic heterocycles. The van der Waals surface area contributed by atoms with Gasteiger partial charge in [-0.15, -0.1) is 4.68 Å². The molecule has 0 spiro atoms. The van der Waals surface area contributed by atoms with Crippen LogP contribution in [0.3, 0.4) is 0 Å². The van der Waals surface area contributed by atoms with Crippen LogP contribution >= 0.6 is 0 Å². The number of aryl methyl sites for hydroxylation is 2. The molecule has 0 unspecified atom stereocenters. The van der Waals surface area contributed by atoms with Crippen LogP contribution in [-0.2, 0) is 14.1 Å². The van der Waals surface area contributed by atoms with Crippen LogP contribution in [0.5, 0.6) is 0 Å². The van der Waals surface area contributed by atoms with Gasteiger partial charge in [0.25, 0.3) is 0 Å². The average molecular weight is 201 g/mol. The zero-order valence-electron chi connectivity index (χ0n) is 9.78. The normalized spacial score (nSPS) is 10.7. The molecule has 2 rings (SSSR count). The second-order valence-electron chi connectivity index (χ2n) is 4.08. The minimum atomic E-state index is 1.26. The first-order chi connectivity index (χ1) is 7.09. The Kier molecular flexibility index (Phi) is 2.35. The van der Waals surface area contributed by atoms with Gasteiger partial charge in [0.15, 0.2) is 7.05 Å². The molecule has 0 saturated heterocycles. The number of aromatic nitrogens is 2. The monoisotopic (exact) mass is 201 g/mol. The Morgan fingerprint density at radius 1 is 1.07 bits per heavy atom. The highest BCUT2D eigenvalue weighted by molar-refractivity contribution is 5.56. The van der Waals surface area contributed by atoms with Gasteiger partial charge in [-0.05, 0) is 26.0 Å². The van der Waals surface area contributed by atoms with Crippen molar-refractivity contribution in [2.24, 2.45) is 14.1 Å². The van der Waals surface area contributed by atoms with Crippen LogP contribution < -0.4 is 4.68 Å². The molecule has 1 heterocycles. The molecular weight excluding hydrogens is 184 g/mol. The Labute approximate surface area is 90.8 Å². The van der Waals surface area contributed by atoms with E-state index in [2.05, 4.69) is 67.6 Å². The molecule has 0 aliphatic rings. The van der Waals surface area contributed by atoms with Crippen LogP contribution in [0.4, 0.5) is 0 Å². The number of hydrogen-bond acceptors (Lipinski definition) is 0. The van der Waals surface area contributed by atoms with Crippen molar-refractivity contribution in [3.05, 3.63) is 41.6 Å². The molecule has 2 aromatic rings. The molecule has 0 fully saturated rings. The summed E-state index contributed by atoms with van der Waals surface area (Å²) in [6, 6.07) is 10.9. The predicted octanol–water partition coefficient (Wildman–Crippen LogP) is 2.13. The van der Waals surface area contributed by atoms with E-state index in [4.69, 9.17) is 0 Å². The molecule has 0 N–H and O–H groups in total. The van der Waals surface area contributed by atoms with Crippen molar-refractivity contribution in [1.82, 2.24) is 4.68 Å². The third-order valence-corrected chi connectivity index (χ3v) is 3.00. The lowest BCUT2D eigenvalue weighted by Crippen LogP contribution is -2.39. The highest BCUT2D eigenvalue weighted by atomic mass is 15.4. The summed E-state index contributed by atoms with van der Waals surface area (Å²) >= 11 is 0. The molecule has 1 aromatic carbocycles. The standard InChI is InChI=1S/C13H17N2/c1-10-5-7-12(8-6-10)13-9-11(2)14(3)15(13)4/h5-9H,1-4H3/q+1. The van der Waals surface area contributed by atoms with E-state index >= 15 is 0 Å². The van der Waals surface area contributed by atoms with E-state index in [1.54, 1.807) is 0 Å². The molecule has 2 nitrogen and oxygen atoms in total. The van der Waals surface area contributed by atoms with Gasteiger partial charge in [-0.25, -0.2) is 0 Å². The fourth-order valence-electron chi connectivity index (χ4n) is 1.78. The van der Waals surface area contributed by atoms with Crippen molar-refractivity contribution in [3.8, 4) is 11.3 Å². The number of nitrogens with zero attached hydrogens (tertiary/aromatic N) is 2. The van der Waals surface area contributed by atoms with Crippen molar-refractivity contribution in [1.29, 1.82) is 0 Å². The maximum atomic E-state index is 2.21. The first-order valence-corrected chi connectivity index (χ1v) is 5.19. The van der Waals surface area contributed by atoms with Gasteiger partial charge in [0, 0.05) is 11.6 Å². The summed E-state index contributed by atoms with van der Waals surface area (Å²) in [4.78, 5) is 0. The topological polar surface area (TPSA) is 8.81 Å². The van der Waals surface area contributed by atoms with Gasteiger partial charge in [0.1, 0.15) is 0 Å². The fourth-order valence-corrected chi connectivity index (χ4v) is 1.78. The Morgan fingerprint density at radius 3 is 2.13 bits per heavy atom. The molecule has 2 heteroatoms. The molecule has 0 aliphatic heterocycles. The highest BCUT2D eigenvalue weighted by Gasteiger charge is 2.15. The maximum absolute atomic E-state index is 2.21. The number of benzene rings is 1. The average Bonchev–Trinajstić information content (AvgIpc) is 2.47. The zero-order chi connectivity index (χ0) is 11.0. The van der Waals surface area contributed by atoms with Gasteiger partial charge in [0.05, 0.1) is 12.7 Å². The van der Waals surface area contributed by atoms with Crippen molar-refractivity contribution in [3.63, 3.8) is 0 Å². The lowest BCUT2D eigenvalue weighted by Gasteiger charge is -1.97. The second-order valence-corrected chi connectivity index (χ2v) is 4.08. The fraction of sp³-hybridized carbons (Fsp3) is 0.308. The Morgan fingerprint density at radius 2 is 1.67 bits per heavy atom. The van der Waals surface area contributed by atoms with Gasteiger partial charge in [-0.3, -0.25) is 0 Å². The third-order valence-electron chi connectivity index (χ3n) is 3.00. The van der Waals surface area contributed by atoms with Crippen LogP contribution in [0, 0.1) is 13.8 Å². The molecule has 0 saturated carbocycles.